The number of methoxy groups -OCH3 is 2. The number of benzene rings is 2. The summed E-state index contributed by atoms with van der Waals surface area (Å²) in [5.74, 6) is 0.840. The van der Waals surface area contributed by atoms with Gasteiger partial charge in [-0.2, -0.15) is 13.5 Å². The monoisotopic (exact) mass is 392 g/mol. The summed E-state index contributed by atoms with van der Waals surface area (Å²) in [5, 5.41) is 7.19. The van der Waals surface area contributed by atoms with Crippen LogP contribution < -0.4 is 20.6 Å². The normalized spacial score (nSPS) is 12.0. The number of ether oxygens (including phenoxy) is 2. The maximum atomic E-state index is 12.0. The van der Waals surface area contributed by atoms with Crippen molar-refractivity contribution in [2.24, 2.45) is 16.0 Å². The summed E-state index contributed by atoms with van der Waals surface area (Å²) >= 11 is 0. The molecule has 0 radical (unpaired) electrons. The highest BCUT2D eigenvalue weighted by molar-refractivity contribution is 7.86. The van der Waals surface area contributed by atoms with E-state index < -0.39 is 10.1 Å². The van der Waals surface area contributed by atoms with Gasteiger partial charge in [-0.05, 0) is 36.3 Å². The zero-order valence-corrected chi connectivity index (χ0v) is 15.9. The summed E-state index contributed by atoms with van der Waals surface area (Å²) < 4.78 is 38.9. The third-order valence-corrected chi connectivity index (χ3v) is 4.43. The van der Waals surface area contributed by atoms with E-state index in [2.05, 4.69) is 20.0 Å². The average Bonchev–Trinajstić information content (AvgIpc) is 2.66. The first-order chi connectivity index (χ1) is 12.8. The standard InChI is InChI=1S/C17H20N4O5S/c1-12-4-6-16(7-5-12)27(22,23)26-21-17(18)20-19-11-13-8-14(24-2)10-15(9-13)25-3/h4-11H,1-3H3,(H3,18,20,21). The van der Waals surface area contributed by atoms with E-state index >= 15 is 0 Å². The molecule has 144 valence electrons. The van der Waals surface area contributed by atoms with E-state index in [0.717, 1.165) is 5.56 Å². The molecule has 10 heteroatoms. The lowest BCUT2D eigenvalue weighted by Crippen LogP contribution is -2.28. The van der Waals surface area contributed by atoms with Crippen LogP contribution in [-0.4, -0.2) is 34.8 Å². The Morgan fingerprint density at radius 2 is 1.67 bits per heavy atom. The molecule has 3 N–H and O–H groups in total. The van der Waals surface area contributed by atoms with Crippen LogP contribution in [0.4, 0.5) is 0 Å². The third kappa shape index (κ3) is 5.89. The molecular weight excluding hydrogens is 372 g/mol. The second-order valence-electron chi connectivity index (χ2n) is 5.33. The van der Waals surface area contributed by atoms with Crippen LogP contribution in [-0.2, 0) is 14.4 Å². The molecule has 0 aliphatic rings. The van der Waals surface area contributed by atoms with Gasteiger partial charge in [0, 0.05) is 11.6 Å². The van der Waals surface area contributed by atoms with Crippen molar-refractivity contribution in [1.82, 2.24) is 5.43 Å². The Morgan fingerprint density at radius 1 is 1.07 bits per heavy atom. The van der Waals surface area contributed by atoms with E-state index in [4.69, 9.17) is 15.2 Å². The minimum absolute atomic E-state index is 0.0309. The summed E-state index contributed by atoms with van der Waals surface area (Å²) in [5.41, 5.74) is 9.50. The minimum Gasteiger partial charge on any atom is -0.497 e. The Kier molecular flexibility index (Phi) is 6.61. The number of oxime groups is 1. The van der Waals surface area contributed by atoms with Crippen molar-refractivity contribution in [1.29, 1.82) is 0 Å². The van der Waals surface area contributed by atoms with Gasteiger partial charge in [0.15, 0.2) is 0 Å². The highest BCUT2D eigenvalue weighted by atomic mass is 32.2. The fourth-order valence-corrected chi connectivity index (χ4v) is 2.67. The Morgan fingerprint density at radius 3 is 2.22 bits per heavy atom. The van der Waals surface area contributed by atoms with Gasteiger partial charge in [0.25, 0.3) is 5.96 Å². The highest BCUT2D eigenvalue weighted by Gasteiger charge is 2.15. The number of hydrazone groups is 1. The van der Waals surface area contributed by atoms with Gasteiger partial charge in [0.05, 0.1) is 20.4 Å². The highest BCUT2D eigenvalue weighted by Crippen LogP contribution is 2.21. The van der Waals surface area contributed by atoms with Crippen LogP contribution in [0.25, 0.3) is 0 Å². The fraction of sp³-hybridized carbons (Fsp3) is 0.176. The second kappa shape index (κ2) is 8.90. The van der Waals surface area contributed by atoms with E-state index in [1.165, 1.54) is 32.6 Å². The molecule has 0 saturated carbocycles. The molecule has 9 nitrogen and oxygen atoms in total. The summed E-state index contributed by atoms with van der Waals surface area (Å²) in [6, 6.07) is 11.3. The molecule has 0 atom stereocenters. The number of guanidine groups is 1. The van der Waals surface area contributed by atoms with E-state index in [9.17, 15) is 8.42 Å². The number of hydrogen-bond donors (Lipinski definition) is 2. The van der Waals surface area contributed by atoms with Crippen molar-refractivity contribution in [3.05, 3.63) is 53.6 Å². The van der Waals surface area contributed by atoms with Gasteiger partial charge in [-0.1, -0.05) is 17.7 Å². The van der Waals surface area contributed by atoms with E-state index in [1.807, 2.05) is 6.92 Å². The first-order valence-corrected chi connectivity index (χ1v) is 9.11. The number of nitrogens with two attached hydrogens (primary N) is 1. The zero-order valence-electron chi connectivity index (χ0n) is 15.0. The molecule has 0 unspecified atom stereocenters. The topological polar surface area (TPSA) is 125 Å². The second-order valence-corrected chi connectivity index (χ2v) is 6.86. The number of hydrogen-bond acceptors (Lipinski definition) is 7. The number of rotatable bonds is 7. The SMILES string of the molecule is COc1cc(C=NNC(N)=NOS(=O)(=O)c2ccc(C)cc2)cc(OC)c1. The van der Waals surface area contributed by atoms with Crippen LogP contribution in [0.2, 0.25) is 0 Å². The molecule has 2 aromatic rings. The van der Waals surface area contributed by atoms with Gasteiger partial charge in [0.1, 0.15) is 16.4 Å². The predicted molar refractivity (Wildman–Crippen MR) is 101 cm³/mol. The molecule has 0 spiro atoms. The van der Waals surface area contributed by atoms with E-state index in [-0.39, 0.29) is 10.9 Å². The van der Waals surface area contributed by atoms with Crippen molar-refractivity contribution < 1.29 is 22.2 Å². The Balaban J connectivity index is 2.01. The minimum atomic E-state index is -4.06. The van der Waals surface area contributed by atoms with Crippen molar-refractivity contribution in [3.63, 3.8) is 0 Å². The fourth-order valence-electron chi connectivity index (χ4n) is 1.93. The van der Waals surface area contributed by atoms with E-state index in [0.29, 0.717) is 17.1 Å². The number of aryl methyl sites for hydroxylation is 1. The van der Waals surface area contributed by atoms with E-state index in [1.54, 1.807) is 30.3 Å². The quantitative estimate of drug-likeness (QED) is 0.416. The Bertz CT molecular complexity index is 918. The molecular formula is C17H20N4O5S. The largest absolute Gasteiger partial charge is 0.497 e. The van der Waals surface area contributed by atoms with Gasteiger partial charge in [-0.25, -0.2) is 5.43 Å². The van der Waals surface area contributed by atoms with Crippen LogP contribution in [0, 0.1) is 6.92 Å². The van der Waals surface area contributed by atoms with Gasteiger partial charge in [0.2, 0.25) is 0 Å². The first kappa shape index (κ1) is 20.0. The summed E-state index contributed by atoms with van der Waals surface area (Å²) in [6.45, 7) is 1.84. The molecule has 0 aromatic heterocycles. The van der Waals surface area contributed by atoms with Crippen LogP contribution in [0.1, 0.15) is 11.1 Å². The smallest absolute Gasteiger partial charge is 0.358 e. The zero-order chi connectivity index (χ0) is 19.9. The summed E-state index contributed by atoms with van der Waals surface area (Å²) in [6.07, 6.45) is 1.43. The predicted octanol–water partition coefficient (Wildman–Crippen LogP) is 1.57. The first-order valence-electron chi connectivity index (χ1n) is 7.70. The molecule has 2 aromatic carbocycles. The van der Waals surface area contributed by atoms with Crippen molar-refractivity contribution >= 4 is 22.3 Å². The summed E-state index contributed by atoms with van der Waals surface area (Å²) in [4.78, 5) is -0.0309. The lowest BCUT2D eigenvalue weighted by molar-refractivity contribution is 0.336. The van der Waals surface area contributed by atoms with Crippen molar-refractivity contribution in [3.8, 4) is 11.5 Å². The maximum Gasteiger partial charge on any atom is 0.358 e. The summed E-state index contributed by atoms with van der Waals surface area (Å²) in [7, 11) is -0.995. The van der Waals surface area contributed by atoms with Crippen molar-refractivity contribution in [2.45, 2.75) is 11.8 Å². The van der Waals surface area contributed by atoms with Crippen LogP contribution >= 0.6 is 0 Å². The Hall–Kier alpha value is -3.27. The van der Waals surface area contributed by atoms with Gasteiger partial charge in [-0.15, -0.1) is 0 Å². The van der Waals surface area contributed by atoms with Gasteiger partial charge >= 0.3 is 10.1 Å². The number of nitrogens with one attached hydrogen (secondary N) is 1. The molecule has 27 heavy (non-hydrogen) atoms. The van der Waals surface area contributed by atoms with Gasteiger partial charge in [-0.3, -0.25) is 4.28 Å². The molecule has 2 rings (SSSR count). The number of nitrogens with zero attached hydrogens (tertiary/aromatic N) is 2. The molecule has 0 bridgehead atoms. The van der Waals surface area contributed by atoms with Gasteiger partial charge < -0.3 is 15.2 Å². The molecule has 0 saturated heterocycles. The molecule has 0 aliphatic heterocycles. The van der Waals surface area contributed by atoms with Crippen LogP contribution in [0.5, 0.6) is 11.5 Å². The molecule has 0 heterocycles. The molecule has 0 aliphatic carbocycles. The molecule has 0 fully saturated rings. The lowest BCUT2D eigenvalue weighted by atomic mass is 10.2. The lowest BCUT2D eigenvalue weighted by Gasteiger charge is -2.05. The van der Waals surface area contributed by atoms with Crippen LogP contribution in [0.3, 0.4) is 0 Å². The average molecular weight is 392 g/mol. The maximum absolute atomic E-state index is 12.0. The van der Waals surface area contributed by atoms with Crippen molar-refractivity contribution in [2.75, 3.05) is 14.2 Å². The molecule has 0 amide bonds. The Labute approximate surface area is 157 Å². The third-order valence-electron chi connectivity index (χ3n) is 3.31. The van der Waals surface area contributed by atoms with Crippen LogP contribution in [0.15, 0.2) is 57.6 Å².